The Kier molecular flexibility index (Phi) is 4.55. The predicted molar refractivity (Wildman–Crippen MR) is 96.6 cm³/mol. The molecule has 138 valence electrons. The molecule has 10 heteroatoms. The van der Waals surface area contributed by atoms with Gasteiger partial charge in [0.25, 0.3) is 5.56 Å². The Morgan fingerprint density at radius 1 is 1.11 bits per heavy atom. The molecule has 0 fully saturated rings. The number of H-pyrrole nitrogens is 2. The van der Waals surface area contributed by atoms with Crippen LogP contribution in [0.3, 0.4) is 0 Å². The van der Waals surface area contributed by atoms with E-state index in [0.717, 1.165) is 4.68 Å². The molecule has 1 aromatic carbocycles. The lowest BCUT2D eigenvalue weighted by atomic mass is 10.2. The van der Waals surface area contributed by atoms with Gasteiger partial charge in [-0.25, -0.2) is 9.78 Å². The first kappa shape index (κ1) is 18.0. The first-order valence-corrected chi connectivity index (χ1v) is 7.92. The molecule has 3 N–H and O–H groups in total. The first-order valence-electron chi connectivity index (χ1n) is 7.92. The number of azo groups is 1. The summed E-state index contributed by atoms with van der Waals surface area (Å²) in [5.74, 6) is -0.985. The molecule has 0 saturated carbocycles. The number of carboxylic acid groups (broad SMARTS) is 1. The van der Waals surface area contributed by atoms with Gasteiger partial charge >= 0.3 is 11.5 Å². The second-order valence-corrected chi connectivity index (χ2v) is 5.88. The largest absolute Gasteiger partial charge is 0.478 e. The third-order valence-electron chi connectivity index (χ3n) is 4.01. The van der Waals surface area contributed by atoms with Gasteiger partial charge in [0.2, 0.25) is 5.95 Å². The third kappa shape index (κ3) is 3.45. The topological polar surface area (TPSA) is 146 Å². The van der Waals surface area contributed by atoms with E-state index in [1.807, 2.05) is 0 Å². The summed E-state index contributed by atoms with van der Waals surface area (Å²) in [7, 11) is 0. The number of aromatic carboxylic acids is 1. The highest BCUT2D eigenvalue weighted by Crippen LogP contribution is 2.19. The van der Waals surface area contributed by atoms with E-state index in [4.69, 9.17) is 5.11 Å². The molecular weight excluding hydrogens is 352 g/mol. The highest BCUT2D eigenvalue weighted by Gasteiger charge is 2.15. The van der Waals surface area contributed by atoms with Gasteiger partial charge in [-0.15, -0.1) is 5.11 Å². The summed E-state index contributed by atoms with van der Waals surface area (Å²) < 4.78 is 1.09. The maximum absolute atomic E-state index is 12.6. The minimum absolute atomic E-state index is 0.0539. The van der Waals surface area contributed by atoms with Crippen LogP contribution in [0.15, 0.2) is 44.1 Å². The number of rotatable bonds is 4. The van der Waals surface area contributed by atoms with Crippen molar-refractivity contribution in [3.8, 4) is 5.95 Å². The highest BCUT2D eigenvalue weighted by atomic mass is 16.4. The molecule has 27 heavy (non-hydrogen) atoms. The van der Waals surface area contributed by atoms with E-state index in [1.54, 1.807) is 20.8 Å². The van der Waals surface area contributed by atoms with E-state index in [9.17, 15) is 14.4 Å². The van der Waals surface area contributed by atoms with Crippen molar-refractivity contribution in [1.29, 1.82) is 0 Å². The molecule has 0 aliphatic heterocycles. The number of hydrogen-bond donors (Lipinski definition) is 3. The molecular formula is C17H16N6O4. The van der Waals surface area contributed by atoms with Crippen LogP contribution < -0.4 is 11.1 Å². The van der Waals surface area contributed by atoms with Crippen LogP contribution in [0.4, 0.5) is 11.4 Å². The third-order valence-corrected chi connectivity index (χ3v) is 4.01. The summed E-state index contributed by atoms with van der Waals surface area (Å²) in [4.78, 5) is 42.1. The summed E-state index contributed by atoms with van der Waals surface area (Å²) in [5, 5.41) is 19.6. The zero-order valence-corrected chi connectivity index (χ0v) is 14.8. The lowest BCUT2D eigenvalue weighted by Crippen LogP contribution is -2.23. The number of aromatic nitrogens is 4. The van der Waals surface area contributed by atoms with E-state index in [-0.39, 0.29) is 22.8 Å². The van der Waals surface area contributed by atoms with Crippen molar-refractivity contribution < 1.29 is 9.90 Å². The molecule has 3 rings (SSSR count). The monoisotopic (exact) mass is 368 g/mol. The SMILES string of the molecule is Cc1nc(-n2[nH]c(C)c(N=Nc3ccc(C(=O)O)cc3)c2=O)[nH]c(=O)c1C. The van der Waals surface area contributed by atoms with Crippen LogP contribution in [0.25, 0.3) is 5.95 Å². The number of carboxylic acids is 1. The molecule has 10 nitrogen and oxygen atoms in total. The summed E-state index contributed by atoms with van der Waals surface area (Å²) in [6.45, 7) is 4.96. The van der Waals surface area contributed by atoms with Crippen molar-refractivity contribution in [2.45, 2.75) is 20.8 Å². The Bertz CT molecular complexity index is 1170. The van der Waals surface area contributed by atoms with Gasteiger partial charge in [-0.05, 0) is 45.0 Å². The number of aryl methyl sites for hydroxylation is 2. The second-order valence-electron chi connectivity index (χ2n) is 5.88. The van der Waals surface area contributed by atoms with E-state index in [2.05, 4.69) is 25.3 Å². The number of hydrogen-bond acceptors (Lipinski definition) is 6. The zero-order valence-electron chi connectivity index (χ0n) is 14.8. The maximum atomic E-state index is 12.6. The average Bonchev–Trinajstić information content (AvgIpc) is 2.92. The Morgan fingerprint density at radius 3 is 2.37 bits per heavy atom. The smallest absolute Gasteiger partial charge is 0.335 e. The van der Waals surface area contributed by atoms with Crippen LogP contribution >= 0.6 is 0 Å². The van der Waals surface area contributed by atoms with Gasteiger partial charge in [0.05, 0.1) is 16.9 Å². The lowest BCUT2D eigenvalue weighted by molar-refractivity contribution is 0.0697. The molecule has 0 atom stereocenters. The molecule has 0 amide bonds. The fourth-order valence-electron chi connectivity index (χ4n) is 2.32. The summed E-state index contributed by atoms with van der Waals surface area (Å²) >= 11 is 0. The molecule has 0 radical (unpaired) electrons. The summed E-state index contributed by atoms with van der Waals surface area (Å²) in [6.07, 6.45) is 0. The second kappa shape index (κ2) is 6.83. The van der Waals surface area contributed by atoms with Gasteiger partial charge in [-0.1, -0.05) is 0 Å². The molecule has 0 saturated heterocycles. The fourth-order valence-corrected chi connectivity index (χ4v) is 2.32. The zero-order chi connectivity index (χ0) is 19.7. The lowest BCUT2D eigenvalue weighted by Gasteiger charge is -2.03. The first-order chi connectivity index (χ1) is 12.8. The van der Waals surface area contributed by atoms with E-state index >= 15 is 0 Å². The number of nitrogens with zero attached hydrogens (tertiary/aromatic N) is 4. The molecule has 2 aromatic heterocycles. The standard InChI is InChI=1S/C17H16N6O4/c1-8-9(2)18-17(19-14(8)24)23-15(25)13(10(3)22-23)21-20-12-6-4-11(5-7-12)16(26)27/h4-7,22H,1-3H3,(H,26,27)(H,18,19,24). The Morgan fingerprint density at radius 2 is 1.78 bits per heavy atom. The maximum Gasteiger partial charge on any atom is 0.335 e. The van der Waals surface area contributed by atoms with Gasteiger partial charge in [-0.3, -0.25) is 19.7 Å². The van der Waals surface area contributed by atoms with E-state index in [0.29, 0.717) is 22.6 Å². The minimum atomic E-state index is -1.04. The normalized spacial score (nSPS) is 11.2. The predicted octanol–water partition coefficient (Wildman–Crippen LogP) is 2.29. The van der Waals surface area contributed by atoms with Crippen molar-refractivity contribution >= 4 is 17.3 Å². The van der Waals surface area contributed by atoms with Crippen molar-refractivity contribution in [3.63, 3.8) is 0 Å². The molecule has 0 unspecified atom stereocenters. The van der Waals surface area contributed by atoms with Crippen molar-refractivity contribution in [1.82, 2.24) is 19.7 Å². The number of aromatic amines is 2. The Labute approximate surface area is 152 Å². The van der Waals surface area contributed by atoms with Crippen LogP contribution in [-0.4, -0.2) is 30.8 Å². The number of benzene rings is 1. The van der Waals surface area contributed by atoms with Crippen LogP contribution in [0, 0.1) is 20.8 Å². The van der Waals surface area contributed by atoms with Crippen LogP contribution in [0.1, 0.15) is 27.3 Å². The van der Waals surface area contributed by atoms with Crippen molar-refractivity contribution in [2.75, 3.05) is 0 Å². The van der Waals surface area contributed by atoms with Crippen LogP contribution in [-0.2, 0) is 0 Å². The van der Waals surface area contributed by atoms with Gasteiger partial charge in [0, 0.05) is 11.3 Å². The minimum Gasteiger partial charge on any atom is -0.478 e. The quantitative estimate of drug-likeness (QED) is 0.605. The average molecular weight is 368 g/mol. The molecule has 0 aliphatic carbocycles. The van der Waals surface area contributed by atoms with Crippen LogP contribution in [0.2, 0.25) is 0 Å². The summed E-state index contributed by atoms with van der Waals surface area (Å²) in [6, 6.07) is 5.75. The molecule has 0 spiro atoms. The molecule has 0 aliphatic rings. The number of nitrogens with one attached hydrogen (secondary N) is 2. The fraction of sp³-hybridized carbons (Fsp3) is 0.176. The van der Waals surface area contributed by atoms with Gasteiger partial charge < -0.3 is 5.11 Å². The Hall–Kier alpha value is -3.82. The van der Waals surface area contributed by atoms with Crippen molar-refractivity contribution in [3.05, 3.63) is 67.5 Å². The van der Waals surface area contributed by atoms with E-state index in [1.165, 1.54) is 24.3 Å². The van der Waals surface area contributed by atoms with Gasteiger partial charge in [0.15, 0.2) is 5.69 Å². The molecule has 0 bridgehead atoms. The van der Waals surface area contributed by atoms with Crippen molar-refractivity contribution in [2.24, 2.45) is 10.2 Å². The Balaban J connectivity index is 1.98. The summed E-state index contributed by atoms with van der Waals surface area (Å²) in [5.41, 5.74) is 1.13. The number of carbonyl (C=O) groups is 1. The van der Waals surface area contributed by atoms with Gasteiger partial charge in [-0.2, -0.15) is 9.80 Å². The van der Waals surface area contributed by atoms with E-state index < -0.39 is 11.5 Å². The van der Waals surface area contributed by atoms with Gasteiger partial charge in [0.1, 0.15) is 0 Å². The van der Waals surface area contributed by atoms with Crippen LogP contribution in [0.5, 0.6) is 0 Å². The molecule has 2 heterocycles. The molecule has 3 aromatic rings. The highest BCUT2D eigenvalue weighted by molar-refractivity contribution is 5.87.